The molecule has 4 rings (SSSR count). The number of nitrogens with two attached hydrogens (primary N) is 4. The Balaban J connectivity index is 1.72. The van der Waals surface area contributed by atoms with Crippen LogP contribution >= 0.6 is 21.6 Å². The van der Waals surface area contributed by atoms with E-state index in [2.05, 4.69) is 36.6 Å². The van der Waals surface area contributed by atoms with Gasteiger partial charge < -0.3 is 64.5 Å². The molecular formula is C37H56N12O8S2. The molecule has 0 radical (unpaired) electrons. The number of aromatic amines is 1. The zero-order valence-electron chi connectivity index (χ0n) is 33.3. The molecule has 0 spiro atoms. The molecule has 2 fully saturated rings. The molecule has 8 atom stereocenters. The van der Waals surface area contributed by atoms with Crippen LogP contribution in [-0.4, -0.2) is 135 Å². The molecule has 2 aliphatic heterocycles. The highest BCUT2D eigenvalue weighted by Crippen LogP contribution is 2.24. The highest BCUT2D eigenvalue weighted by molar-refractivity contribution is 8.76. The number of aliphatic imine (C=N–C) groups is 1. The van der Waals surface area contributed by atoms with E-state index in [-0.39, 0.29) is 56.2 Å². The van der Waals surface area contributed by atoms with Crippen molar-refractivity contribution < 1.29 is 38.7 Å². The van der Waals surface area contributed by atoms with Crippen LogP contribution in [0.25, 0.3) is 10.9 Å². The van der Waals surface area contributed by atoms with Crippen molar-refractivity contribution in [1.29, 1.82) is 0 Å². The molecule has 3 heterocycles. The van der Waals surface area contributed by atoms with E-state index < -0.39 is 95.7 Å². The number of hydrogen-bond acceptors (Lipinski definition) is 12. The topological polar surface area (TPSA) is 335 Å². The maximum absolute atomic E-state index is 14.3. The number of nitrogens with one attached hydrogen (secondary N) is 6. The number of H-pyrrole nitrogens is 1. The summed E-state index contributed by atoms with van der Waals surface area (Å²) in [5.74, 6) is -5.73. The van der Waals surface area contributed by atoms with E-state index in [1.807, 2.05) is 24.3 Å². The fourth-order valence-corrected chi connectivity index (χ4v) is 9.03. The Hall–Kier alpha value is -5.06. The first-order valence-corrected chi connectivity index (χ1v) is 21.9. The van der Waals surface area contributed by atoms with Crippen molar-refractivity contribution in [3.05, 3.63) is 36.0 Å². The Labute approximate surface area is 349 Å². The Kier molecular flexibility index (Phi) is 17.2. The fourth-order valence-electron chi connectivity index (χ4n) is 6.73. The van der Waals surface area contributed by atoms with Crippen LogP contribution in [0.1, 0.15) is 52.0 Å². The largest absolute Gasteiger partial charge is 0.391 e. The summed E-state index contributed by atoms with van der Waals surface area (Å²) in [6, 6.07) is -1.24. The lowest BCUT2D eigenvalue weighted by atomic mass is 10.0. The number of hydrogen-bond donors (Lipinski definition) is 11. The summed E-state index contributed by atoms with van der Waals surface area (Å²) in [6.45, 7) is 4.95. The van der Waals surface area contributed by atoms with Gasteiger partial charge in [-0.05, 0) is 50.2 Å². The molecule has 0 bridgehead atoms. The monoisotopic (exact) mass is 860 g/mol. The van der Waals surface area contributed by atoms with Gasteiger partial charge in [-0.2, -0.15) is 0 Å². The lowest BCUT2D eigenvalue weighted by Gasteiger charge is -2.32. The summed E-state index contributed by atoms with van der Waals surface area (Å²) in [5, 5.41) is 25.0. The number of carbonyl (C=O) groups is 7. The summed E-state index contributed by atoms with van der Waals surface area (Å²) in [6.07, 6.45) is 1.11. The molecule has 7 amide bonds. The predicted molar refractivity (Wildman–Crippen MR) is 225 cm³/mol. The van der Waals surface area contributed by atoms with Crippen LogP contribution in [0.2, 0.25) is 0 Å². The number of benzene rings is 1. The molecule has 0 unspecified atom stereocenters. The molecule has 2 aromatic rings. The smallest absolute Gasteiger partial charge is 0.248 e. The number of carbonyl (C=O) groups excluding carboxylic acids is 7. The van der Waals surface area contributed by atoms with Crippen molar-refractivity contribution >= 4 is 79.8 Å². The number of guanidine groups is 1. The number of para-hydroxylation sites is 1. The predicted octanol–water partition coefficient (Wildman–Crippen LogP) is -2.58. The summed E-state index contributed by atoms with van der Waals surface area (Å²) >= 11 is 0. The third kappa shape index (κ3) is 13.0. The molecule has 0 saturated carbocycles. The second-order valence-electron chi connectivity index (χ2n) is 14.9. The van der Waals surface area contributed by atoms with E-state index in [0.717, 1.165) is 32.5 Å². The highest BCUT2D eigenvalue weighted by atomic mass is 33.1. The van der Waals surface area contributed by atoms with Crippen LogP contribution in [0.15, 0.2) is 35.5 Å². The van der Waals surface area contributed by atoms with Gasteiger partial charge in [-0.15, -0.1) is 0 Å². The van der Waals surface area contributed by atoms with Gasteiger partial charge >= 0.3 is 0 Å². The molecule has 2 aliphatic rings. The summed E-state index contributed by atoms with van der Waals surface area (Å²) in [7, 11) is 2.27. The molecule has 0 aliphatic carbocycles. The standard InChI is InChI=1S/C37H56N12O8S2/c1-18(2)28-35(56)46-26(30(39)51)17-59-58-16-22(38)31(52)44-24(10-6-12-42-37(40)41)32(53)45-25(14-20-15-43-23-9-5-4-8-21(20)23)33(54)48-29(19(3)50)36(57)49-13-7-11-27(49)34(55)47-28/h4-5,8-9,15,18-19,22,24-29,43,50H,6-7,10-14,16-17,38H2,1-3H3,(H2,39,51)(H,44,52)(H,45,53)(H,46,56)(H,47,55)(H,48,54)(H4,40,41,42)/t19-,22+,24+,25-,26+,27+,28+,29+/m1/s1. The van der Waals surface area contributed by atoms with Crippen molar-refractivity contribution in [1.82, 2.24) is 36.5 Å². The zero-order valence-corrected chi connectivity index (χ0v) is 34.9. The van der Waals surface area contributed by atoms with Gasteiger partial charge in [0.15, 0.2) is 5.96 Å². The number of rotatable bonds is 9. The molecule has 59 heavy (non-hydrogen) atoms. The van der Waals surface area contributed by atoms with Crippen molar-refractivity contribution in [2.24, 2.45) is 33.8 Å². The molecular weight excluding hydrogens is 805 g/mol. The summed E-state index contributed by atoms with van der Waals surface area (Å²) in [5.41, 5.74) is 24.2. The van der Waals surface area contributed by atoms with Crippen LogP contribution in [-0.2, 0) is 40.0 Å². The lowest BCUT2D eigenvalue weighted by molar-refractivity contribution is -0.145. The quantitative estimate of drug-likeness (QED) is 0.0535. The first-order valence-electron chi connectivity index (χ1n) is 19.4. The second kappa shape index (κ2) is 21.8. The van der Waals surface area contributed by atoms with E-state index >= 15 is 0 Å². The van der Waals surface area contributed by atoms with Gasteiger partial charge in [-0.1, -0.05) is 53.6 Å². The number of aromatic nitrogens is 1. The van der Waals surface area contributed by atoms with E-state index in [1.165, 1.54) is 11.8 Å². The van der Waals surface area contributed by atoms with Crippen molar-refractivity contribution in [2.45, 2.75) is 101 Å². The second-order valence-corrected chi connectivity index (χ2v) is 17.5. The summed E-state index contributed by atoms with van der Waals surface area (Å²) < 4.78 is 0. The number of amides is 7. The first-order chi connectivity index (χ1) is 28.0. The van der Waals surface area contributed by atoms with Gasteiger partial charge in [0.1, 0.15) is 36.3 Å². The van der Waals surface area contributed by atoms with Crippen LogP contribution < -0.4 is 49.5 Å². The Bertz CT molecular complexity index is 1870. The summed E-state index contributed by atoms with van der Waals surface area (Å²) in [4.78, 5) is 104. The number of aliphatic hydroxyl groups is 1. The third-order valence-corrected chi connectivity index (χ3v) is 12.5. The number of fused-ring (bicyclic) bond motifs is 2. The number of nitrogens with zero attached hydrogens (tertiary/aromatic N) is 2. The highest BCUT2D eigenvalue weighted by Gasteiger charge is 2.42. The minimum Gasteiger partial charge on any atom is -0.391 e. The van der Waals surface area contributed by atoms with E-state index in [4.69, 9.17) is 22.9 Å². The van der Waals surface area contributed by atoms with Crippen molar-refractivity contribution in [2.75, 3.05) is 24.6 Å². The average Bonchev–Trinajstić information content (AvgIpc) is 3.84. The van der Waals surface area contributed by atoms with Gasteiger partial charge in [0.2, 0.25) is 41.4 Å². The third-order valence-electron chi connectivity index (χ3n) is 10.0. The number of aliphatic hydroxyl groups excluding tert-OH is 1. The van der Waals surface area contributed by atoms with Crippen LogP contribution in [0.4, 0.5) is 0 Å². The molecule has 20 nitrogen and oxygen atoms in total. The molecule has 324 valence electrons. The van der Waals surface area contributed by atoms with E-state index in [0.29, 0.717) is 12.0 Å². The minimum atomic E-state index is -1.55. The van der Waals surface area contributed by atoms with Gasteiger partial charge in [0.05, 0.1) is 12.1 Å². The molecule has 1 aromatic carbocycles. The van der Waals surface area contributed by atoms with Gasteiger partial charge in [0.25, 0.3) is 0 Å². The van der Waals surface area contributed by atoms with Gasteiger partial charge in [-0.25, -0.2) is 0 Å². The minimum absolute atomic E-state index is 0.000846. The molecule has 15 N–H and O–H groups in total. The molecule has 22 heteroatoms. The van der Waals surface area contributed by atoms with Crippen LogP contribution in [0.3, 0.4) is 0 Å². The zero-order chi connectivity index (χ0) is 43.4. The lowest BCUT2D eigenvalue weighted by Crippen LogP contribution is -2.62. The fraction of sp³-hybridized carbons (Fsp3) is 0.568. The SMILES string of the molecule is CC(C)[C@@H]1NC(=O)[C@@H]2CCCN2C(=O)[C@H]([C@@H](C)O)NC(=O)[C@@H](Cc2c[nH]c3ccccc23)NC(=O)[C@H](CCCN=C(N)N)NC(=O)[C@@H](N)CSSC[C@@H](C(N)=O)NC1=O. The Morgan fingerprint density at radius 2 is 1.53 bits per heavy atom. The number of primary amides is 1. The van der Waals surface area contributed by atoms with Gasteiger partial charge in [-0.3, -0.25) is 38.6 Å². The van der Waals surface area contributed by atoms with E-state index in [1.54, 1.807) is 20.0 Å². The maximum atomic E-state index is 14.3. The normalized spacial score (nSPS) is 26.5. The Morgan fingerprint density at radius 1 is 0.864 bits per heavy atom. The van der Waals surface area contributed by atoms with Crippen molar-refractivity contribution in [3.8, 4) is 0 Å². The Morgan fingerprint density at radius 3 is 2.20 bits per heavy atom. The van der Waals surface area contributed by atoms with Gasteiger partial charge in [0, 0.05) is 48.1 Å². The van der Waals surface area contributed by atoms with Crippen LogP contribution in [0, 0.1) is 5.92 Å². The molecule has 1 aromatic heterocycles. The van der Waals surface area contributed by atoms with Crippen LogP contribution in [0.5, 0.6) is 0 Å². The van der Waals surface area contributed by atoms with Crippen molar-refractivity contribution in [3.63, 3.8) is 0 Å². The maximum Gasteiger partial charge on any atom is 0.248 e. The first kappa shape index (κ1) is 46.6. The van der Waals surface area contributed by atoms with E-state index in [9.17, 15) is 38.7 Å². The molecule has 2 saturated heterocycles. The average molecular weight is 861 g/mol.